The lowest BCUT2D eigenvalue weighted by Crippen LogP contribution is -2.49. The van der Waals surface area contributed by atoms with Crippen LogP contribution in [0.2, 0.25) is 0 Å². The minimum atomic E-state index is 0.686. The molecule has 1 unspecified atom stereocenters. The van der Waals surface area contributed by atoms with E-state index in [1.807, 2.05) is 19.4 Å². The molecule has 2 rings (SSSR count). The van der Waals surface area contributed by atoms with E-state index >= 15 is 0 Å². The Bertz CT molecular complexity index is 370. The first kappa shape index (κ1) is 14.2. The highest BCUT2D eigenvalue weighted by Crippen LogP contribution is 2.14. The SMILES string of the molecule is CCC(C)N1CCN(c2cnc(CNC)cn2)CC1. The van der Waals surface area contributed by atoms with Gasteiger partial charge in [-0.25, -0.2) is 4.98 Å². The lowest BCUT2D eigenvalue weighted by atomic mass is 10.2. The second kappa shape index (κ2) is 6.82. The molecule has 0 amide bonds. The molecule has 0 bridgehead atoms. The summed E-state index contributed by atoms with van der Waals surface area (Å²) in [6, 6.07) is 0.686. The monoisotopic (exact) mass is 263 g/mol. The predicted molar refractivity (Wildman–Crippen MR) is 78.3 cm³/mol. The molecular formula is C14H25N5. The first-order chi connectivity index (χ1) is 9.24. The lowest BCUT2D eigenvalue weighted by molar-refractivity contribution is 0.192. The smallest absolute Gasteiger partial charge is 0.147 e. The number of hydrogen-bond donors (Lipinski definition) is 1. The molecule has 19 heavy (non-hydrogen) atoms. The van der Waals surface area contributed by atoms with E-state index in [-0.39, 0.29) is 0 Å². The number of anilines is 1. The highest BCUT2D eigenvalue weighted by molar-refractivity contribution is 5.36. The second-order valence-electron chi connectivity index (χ2n) is 5.18. The van der Waals surface area contributed by atoms with Gasteiger partial charge in [0.1, 0.15) is 5.82 Å². The average molecular weight is 263 g/mol. The molecule has 5 heteroatoms. The number of nitrogens with one attached hydrogen (secondary N) is 1. The van der Waals surface area contributed by atoms with Crippen LogP contribution in [0, 0.1) is 0 Å². The fourth-order valence-corrected chi connectivity index (χ4v) is 2.43. The van der Waals surface area contributed by atoms with Gasteiger partial charge < -0.3 is 10.2 Å². The van der Waals surface area contributed by atoms with Crippen molar-refractivity contribution in [1.29, 1.82) is 0 Å². The van der Waals surface area contributed by atoms with Crippen LogP contribution in [-0.2, 0) is 6.54 Å². The summed E-state index contributed by atoms with van der Waals surface area (Å²) in [4.78, 5) is 13.8. The van der Waals surface area contributed by atoms with E-state index < -0.39 is 0 Å². The van der Waals surface area contributed by atoms with Crippen molar-refractivity contribution in [3.63, 3.8) is 0 Å². The summed E-state index contributed by atoms with van der Waals surface area (Å²) < 4.78 is 0. The van der Waals surface area contributed by atoms with E-state index in [1.165, 1.54) is 6.42 Å². The molecule has 1 atom stereocenters. The molecule has 1 aromatic heterocycles. The fourth-order valence-electron chi connectivity index (χ4n) is 2.43. The fraction of sp³-hybridized carbons (Fsp3) is 0.714. The Balaban J connectivity index is 1.90. The summed E-state index contributed by atoms with van der Waals surface area (Å²) in [6.07, 6.45) is 4.98. The number of piperazine rings is 1. The zero-order chi connectivity index (χ0) is 13.7. The van der Waals surface area contributed by atoms with Crippen molar-refractivity contribution in [2.24, 2.45) is 0 Å². The molecule has 0 aromatic carbocycles. The van der Waals surface area contributed by atoms with Crippen LogP contribution in [0.4, 0.5) is 5.82 Å². The molecule has 0 saturated carbocycles. The second-order valence-corrected chi connectivity index (χ2v) is 5.18. The third-order valence-corrected chi connectivity index (χ3v) is 3.90. The minimum absolute atomic E-state index is 0.686. The van der Waals surface area contributed by atoms with Crippen LogP contribution in [0.1, 0.15) is 26.0 Å². The van der Waals surface area contributed by atoms with Gasteiger partial charge in [0, 0.05) is 38.8 Å². The molecule has 5 nitrogen and oxygen atoms in total. The Morgan fingerprint density at radius 3 is 2.47 bits per heavy atom. The van der Waals surface area contributed by atoms with Gasteiger partial charge in [-0.05, 0) is 20.4 Å². The largest absolute Gasteiger partial charge is 0.353 e. The zero-order valence-electron chi connectivity index (χ0n) is 12.3. The van der Waals surface area contributed by atoms with E-state index in [1.54, 1.807) is 0 Å². The van der Waals surface area contributed by atoms with Crippen molar-refractivity contribution in [2.75, 3.05) is 38.1 Å². The molecule has 1 saturated heterocycles. The molecule has 1 aliphatic heterocycles. The van der Waals surface area contributed by atoms with Crippen LogP contribution in [0.15, 0.2) is 12.4 Å². The maximum absolute atomic E-state index is 4.52. The quantitative estimate of drug-likeness (QED) is 0.862. The highest BCUT2D eigenvalue weighted by atomic mass is 15.3. The van der Waals surface area contributed by atoms with E-state index in [0.29, 0.717) is 6.04 Å². The summed E-state index contributed by atoms with van der Waals surface area (Å²) in [5, 5.41) is 3.08. The van der Waals surface area contributed by atoms with Crippen LogP contribution in [0.3, 0.4) is 0 Å². The van der Waals surface area contributed by atoms with Gasteiger partial charge in [-0.3, -0.25) is 9.88 Å². The van der Waals surface area contributed by atoms with Gasteiger partial charge in [0.15, 0.2) is 0 Å². The van der Waals surface area contributed by atoms with Gasteiger partial charge in [0.2, 0.25) is 0 Å². The molecule has 0 radical (unpaired) electrons. The first-order valence-electron chi connectivity index (χ1n) is 7.19. The van der Waals surface area contributed by atoms with Crippen molar-refractivity contribution in [3.05, 3.63) is 18.1 Å². The number of rotatable bonds is 5. The van der Waals surface area contributed by atoms with Crippen molar-refractivity contribution in [3.8, 4) is 0 Å². The Morgan fingerprint density at radius 2 is 1.95 bits per heavy atom. The maximum atomic E-state index is 4.52. The summed E-state index contributed by atoms with van der Waals surface area (Å²) >= 11 is 0. The highest BCUT2D eigenvalue weighted by Gasteiger charge is 2.20. The third-order valence-electron chi connectivity index (χ3n) is 3.90. The van der Waals surface area contributed by atoms with Crippen LogP contribution in [-0.4, -0.2) is 54.1 Å². The van der Waals surface area contributed by atoms with Gasteiger partial charge >= 0.3 is 0 Å². The maximum Gasteiger partial charge on any atom is 0.147 e. The zero-order valence-corrected chi connectivity index (χ0v) is 12.3. The van der Waals surface area contributed by atoms with Crippen LogP contribution in [0.25, 0.3) is 0 Å². The van der Waals surface area contributed by atoms with E-state index in [9.17, 15) is 0 Å². The Labute approximate surface area is 116 Å². The number of hydrogen-bond acceptors (Lipinski definition) is 5. The molecule has 1 aromatic rings. The molecule has 1 fully saturated rings. The van der Waals surface area contributed by atoms with Crippen molar-refractivity contribution < 1.29 is 0 Å². The number of nitrogens with zero attached hydrogens (tertiary/aromatic N) is 4. The summed E-state index contributed by atoms with van der Waals surface area (Å²) in [6.45, 7) is 9.67. The Kier molecular flexibility index (Phi) is 5.10. The summed E-state index contributed by atoms with van der Waals surface area (Å²) in [5.74, 6) is 1.00. The Morgan fingerprint density at radius 1 is 1.21 bits per heavy atom. The third kappa shape index (κ3) is 3.64. The van der Waals surface area contributed by atoms with E-state index in [2.05, 4.69) is 38.9 Å². The molecule has 1 N–H and O–H groups in total. The van der Waals surface area contributed by atoms with Gasteiger partial charge in [-0.15, -0.1) is 0 Å². The lowest BCUT2D eigenvalue weighted by Gasteiger charge is -2.38. The van der Waals surface area contributed by atoms with Gasteiger partial charge in [-0.1, -0.05) is 6.92 Å². The molecule has 106 valence electrons. The van der Waals surface area contributed by atoms with Gasteiger partial charge in [-0.2, -0.15) is 0 Å². The molecular weight excluding hydrogens is 238 g/mol. The number of aromatic nitrogens is 2. The standard InChI is InChI=1S/C14H25N5/c1-4-12(2)18-5-7-19(8-6-18)14-11-16-13(9-15-3)10-17-14/h10-12,15H,4-9H2,1-3H3. The van der Waals surface area contributed by atoms with Gasteiger partial charge in [0.25, 0.3) is 0 Å². The van der Waals surface area contributed by atoms with Crippen LogP contribution in [0.5, 0.6) is 0 Å². The van der Waals surface area contributed by atoms with Crippen molar-refractivity contribution in [1.82, 2.24) is 20.2 Å². The molecule has 2 heterocycles. The Hall–Kier alpha value is -1.20. The molecule has 1 aliphatic rings. The first-order valence-corrected chi connectivity index (χ1v) is 7.19. The van der Waals surface area contributed by atoms with Gasteiger partial charge in [0.05, 0.1) is 18.1 Å². The van der Waals surface area contributed by atoms with Crippen molar-refractivity contribution >= 4 is 5.82 Å². The molecule has 0 aliphatic carbocycles. The topological polar surface area (TPSA) is 44.3 Å². The predicted octanol–water partition coefficient (Wildman–Crippen LogP) is 1.12. The molecule has 0 spiro atoms. The summed E-state index contributed by atoms with van der Waals surface area (Å²) in [5.41, 5.74) is 0.990. The van der Waals surface area contributed by atoms with Crippen molar-refractivity contribution in [2.45, 2.75) is 32.9 Å². The minimum Gasteiger partial charge on any atom is -0.353 e. The summed E-state index contributed by atoms with van der Waals surface area (Å²) in [7, 11) is 1.92. The normalized spacial score (nSPS) is 18.6. The van der Waals surface area contributed by atoms with E-state index in [4.69, 9.17) is 0 Å². The van der Waals surface area contributed by atoms with Crippen LogP contribution >= 0.6 is 0 Å². The van der Waals surface area contributed by atoms with E-state index in [0.717, 1.165) is 44.2 Å². The van der Waals surface area contributed by atoms with Crippen LogP contribution < -0.4 is 10.2 Å². The average Bonchev–Trinajstić information content (AvgIpc) is 2.48.